The van der Waals surface area contributed by atoms with Crippen molar-refractivity contribution in [1.82, 2.24) is 10.6 Å². The molecule has 4 aromatic rings. The van der Waals surface area contributed by atoms with Crippen LogP contribution in [0.2, 0.25) is 5.02 Å². The van der Waals surface area contributed by atoms with Crippen LogP contribution in [0.25, 0.3) is 0 Å². The summed E-state index contributed by atoms with van der Waals surface area (Å²) in [4.78, 5) is 26.6. The van der Waals surface area contributed by atoms with Crippen molar-refractivity contribution in [2.75, 3.05) is 32.1 Å². The molecule has 3 N–H and O–H groups in total. The summed E-state index contributed by atoms with van der Waals surface area (Å²) in [6, 6.07) is 33.8. The number of morpholine rings is 1. The first-order valence-corrected chi connectivity index (χ1v) is 15.9. The van der Waals surface area contributed by atoms with Crippen LogP contribution in [0.1, 0.15) is 34.6 Å². The van der Waals surface area contributed by atoms with Gasteiger partial charge in [-0.15, -0.1) is 0 Å². The first kappa shape index (κ1) is 33.2. The summed E-state index contributed by atoms with van der Waals surface area (Å²) in [5.74, 6) is -0.793. The third-order valence-corrected chi connectivity index (χ3v) is 8.27. The summed E-state index contributed by atoms with van der Waals surface area (Å²) in [6.45, 7) is 2.44. The number of alkyl carbamates (subject to hydrolysis) is 1. The van der Waals surface area contributed by atoms with Gasteiger partial charge in [-0.25, -0.2) is 4.79 Å². The highest BCUT2D eigenvalue weighted by molar-refractivity contribution is 6.30. The molecule has 1 fully saturated rings. The zero-order valence-electron chi connectivity index (χ0n) is 25.9. The van der Waals surface area contributed by atoms with E-state index >= 15 is 0 Å². The van der Waals surface area contributed by atoms with Crippen LogP contribution in [-0.2, 0) is 32.0 Å². The van der Waals surface area contributed by atoms with Crippen molar-refractivity contribution < 1.29 is 23.8 Å². The van der Waals surface area contributed by atoms with E-state index in [4.69, 9.17) is 25.8 Å². The molecule has 0 bridgehead atoms. The zero-order chi connectivity index (χ0) is 32.1. The second-order valence-corrected chi connectivity index (χ2v) is 11.7. The SMILES string of the molecule is COC(=O)N[C@H](C(=O)Nc1ccccc1CC[C@@H]1CNC[C@@H](COCc2ccc(Cl)cc2)O1)C(c1ccccc1)c1ccccc1. The van der Waals surface area contributed by atoms with E-state index in [1.54, 1.807) is 0 Å². The molecular weight excluding hydrogens is 602 g/mol. The molecule has 0 saturated carbocycles. The van der Waals surface area contributed by atoms with E-state index in [0.29, 0.717) is 30.3 Å². The number of benzene rings is 4. The van der Waals surface area contributed by atoms with Gasteiger partial charge in [0, 0.05) is 29.7 Å². The Bertz CT molecular complexity index is 1500. The van der Waals surface area contributed by atoms with Gasteiger partial charge in [-0.2, -0.15) is 0 Å². The maximum Gasteiger partial charge on any atom is 0.407 e. The quantitative estimate of drug-likeness (QED) is 0.158. The highest BCUT2D eigenvalue weighted by Gasteiger charge is 2.33. The number of anilines is 1. The zero-order valence-corrected chi connectivity index (χ0v) is 26.6. The predicted molar refractivity (Wildman–Crippen MR) is 180 cm³/mol. The molecule has 3 atom stereocenters. The summed E-state index contributed by atoms with van der Waals surface area (Å²) in [5, 5.41) is 10.1. The lowest BCUT2D eigenvalue weighted by Gasteiger charge is -2.31. The molecule has 1 saturated heterocycles. The minimum absolute atomic E-state index is 0.00378. The van der Waals surface area contributed by atoms with Crippen LogP contribution in [0.3, 0.4) is 0 Å². The van der Waals surface area contributed by atoms with Gasteiger partial charge in [-0.1, -0.05) is 103 Å². The van der Waals surface area contributed by atoms with Gasteiger partial charge in [0.1, 0.15) is 6.04 Å². The fourth-order valence-electron chi connectivity index (χ4n) is 5.70. The Hall–Kier alpha value is -4.21. The number of carbonyl (C=O) groups excluding carboxylic acids is 2. The van der Waals surface area contributed by atoms with Crippen LogP contribution < -0.4 is 16.0 Å². The normalized spacial score (nSPS) is 16.8. The Labute approximate surface area is 275 Å². The molecular formula is C37H40ClN3O5. The van der Waals surface area contributed by atoms with Gasteiger partial charge in [0.05, 0.1) is 32.5 Å². The fraction of sp³-hybridized carbons (Fsp3) is 0.297. The maximum atomic E-state index is 14.0. The number of carbonyl (C=O) groups is 2. The van der Waals surface area contributed by atoms with Crippen LogP contribution in [-0.4, -0.2) is 57.1 Å². The van der Waals surface area contributed by atoms with Gasteiger partial charge in [0.15, 0.2) is 0 Å². The van der Waals surface area contributed by atoms with E-state index in [-0.39, 0.29) is 18.1 Å². The van der Waals surface area contributed by atoms with Crippen LogP contribution in [0.15, 0.2) is 109 Å². The van der Waals surface area contributed by atoms with Crippen LogP contribution in [0.4, 0.5) is 10.5 Å². The van der Waals surface area contributed by atoms with E-state index in [0.717, 1.165) is 41.8 Å². The van der Waals surface area contributed by atoms with Crippen molar-refractivity contribution >= 4 is 29.3 Å². The van der Waals surface area contributed by atoms with Gasteiger partial charge in [0.25, 0.3) is 0 Å². The lowest BCUT2D eigenvalue weighted by atomic mass is 9.84. The number of aryl methyl sites for hydroxylation is 1. The number of halogens is 1. The topological polar surface area (TPSA) is 97.9 Å². The molecule has 0 unspecified atom stereocenters. The van der Waals surface area contributed by atoms with Crippen LogP contribution in [0.5, 0.6) is 0 Å². The molecule has 1 aliphatic rings. The number of hydrogen-bond donors (Lipinski definition) is 3. The minimum Gasteiger partial charge on any atom is -0.453 e. The van der Waals surface area contributed by atoms with Crippen molar-refractivity contribution in [3.63, 3.8) is 0 Å². The molecule has 46 heavy (non-hydrogen) atoms. The molecule has 1 aliphatic heterocycles. The van der Waals surface area contributed by atoms with E-state index in [1.807, 2.05) is 109 Å². The third kappa shape index (κ3) is 9.40. The summed E-state index contributed by atoms with van der Waals surface area (Å²) in [7, 11) is 1.29. The predicted octanol–water partition coefficient (Wildman–Crippen LogP) is 6.34. The average Bonchev–Trinajstić information content (AvgIpc) is 3.09. The van der Waals surface area contributed by atoms with E-state index in [9.17, 15) is 9.59 Å². The molecule has 0 aromatic heterocycles. The van der Waals surface area contributed by atoms with Gasteiger partial charge < -0.3 is 30.2 Å². The first-order valence-electron chi connectivity index (χ1n) is 15.5. The lowest BCUT2D eigenvalue weighted by molar-refractivity contribution is -0.118. The number of ether oxygens (including phenoxy) is 3. The molecule has 9 heteroatoms. The average molecular weight is 642 g/mol. The Morgan fingerprint density at radius 3 is 2.17 bits per heavy atom. The van der Waals surface area contributed by atoms with E-state index < -0.39 is 18.1 Å². The number of hydrogen-bond acceptors (Lipinski definition) is 6. The monoisotopic (exact) mass is 641 g/mol. The molecule has 4 aromatic carbocycles. The molecule has 5 rings (SSSR count). The van der Waals surface area contributed by atoms with Gasteiger partial charge in [0.2, 0.25) is 5.91 Å². The number of para-hydroxylation sites is 1. The number of amides is 2. The molecule has 1 heterocycles. The largest absolute Gasteiger partial charge is 0.453 e. The molecule has 0 spiro atoms. The number of rotatable bonds is 13. The van der Waals surface area contributed by atoms with Crippen LogP contribution >= 0.6 is 11.6 Å². The summed E-state index contributed by atoms with van der Waals surface area (Å²) >= 11 is 5.98. The van der Waals surface area contributed by atoms with Gasteiger partial charge >= 0.3 is 6.09 Å². The molecule has 240 valence electrons. The summed E-state index contributed by atoms with van der Waals surface area (Å²) < 4.78 is 17.2. The minimum atomic E-state index is -0.940. The number of nitrogens with one attached hydrogen (secondary N) is 3. The molecule has 0 radical (unpaired) electrons. The Balaban J connectivity index is 1.24. The number of methoxy groups -OCH3 is 1. The van der Waals surface area contributed by atoms with Crippen molar-refractivity contribution in [2.45, 2.75) is 43.6 Å². The van der Waals surface area contributed by atoms with Crippen molar-refractivity contribution in [2.24, 2.45) is 0 Å². The highest BCUT2D eigenvalue weighted by atomic mass is 35.5. The lowest BCUT2D eigenvalue weighted by Crippen LogP contribution is -2.48. The van der Waals surface area contributed by atoms with Gasteiger partial charge in [-0.05, 0) is 53.3 Å². The summed E-state index contributed by atoms with van der Waals surface area (Å²) in [6.07, 6.45) is 0.708. The second kappa shape index (κ2) is 16.9. The van der Waals surface area contributed by atoms with Crippen molar-refractivity contribution in [1.29, 1.82) is 0 Å². The smallest absolute Gasteiger partial charge is 0.407 e. The first-order chi connectivity index (χ1) is 22.5. The molecule has 8 nitrogen and oxygen atoms in total. The Morgan fingerprint density at radius 1 is 0.870 bits per heavy atom. The Morgan fingerprint density at radius 2 is 1.50 bits per heavy atom. The van der Waals surface area contributed by atoms with Crippen LogP contribution in [0, 0.1) is 0 Å². The van der Waals surface area contributed by atoms with Crippen molar-refractivity contribution in [3.05, 3.63) is 136 Å². The molecule has 0 aliphatic carbocycles. The Kier molecular flexibility index (Phi) is 12.2. The van der Waals surface area contributed by atoms with E-state index in [1.165, 1.54) is 7.11 Å². The second-order valence-electron chi connectivity index (χ2n) is 11.3. The third-order valence-electron chi connectivity index (χ3n) is 8.02. The van der Waals surface area contributed by atoms with Crippen molar-refractivity contribution in [3.8, 4) is 0 Å². The summed E-state index contributed by atoms with van der Waals surface area (Å²) in [5.41, 5.74) is 4.52. The fourth-order valence-corrected chi connectivity index (χ4v) is 5.83. The molecule has 2 amide bonds. The van der Waals surface area contributed by atoms with Gasteiger partial charge in [-0.3, -0.25) is 4.79 Å². The maximum absolute atomic E-state index is 14.0. The van der Waals surface area contributed by atoms with E-state index in [2.05, 4.69) is 16.0 Å². The standard InChI is InChI=1S/C37H40ClN3O5/c1-44-37(43)41-35(34(28-11-4-2-5-12-28)29-13-6-3-7-14-29)36(42)40-33-15-9-8-10-27(33)18-21-31-22-39-23-32(46-31)25-45-24-26-16-19-30(38)20-17-26/h2-17,19-20,31-32,34-35,39H,18,21-25H2,1H3,(H,40,42)(H,41,43)/t31-,32+,35+/m1/s1. The highest BCUT2D eigenvalue weighted by Crippen LogP contribution is 2.30.